The van der Waals surface area contributed by atoms with Gasteiger partial charge in [-0.2, -0.15) is 0 Å². The maximum atomic E-state index is 5.82. The average Bonchev–Trinajstić information content (AvgIpc) is 2.92. The van der Waals surface area contributed by atoms with Gasteiger partial charge in [0.2, 0.25) is 0 Å². The Morgan fingerprint density at radius 1 is 1.14 bits per heavy atom. The van der Waals surface area contributed by atoms with Crippen LogP contribution in [0.25, 0.3) is 11.3 Å². The highest BCUT2D eigenvalue weighted by atomic mass is 35.5. The Morgan fingerprint density at radius 3 is 2.62 bits per heavy atom. The van der Waals surface area contributed by atoms with Gasteiger partial charge in [0.25, 0.3) is 0 Å². The number of aryl methyl sites for hydroxylation is 1. The van der Waals surface area contributed by atoms with Gasteiger partial charge in [0.15, 0.2) is 4.47 Å². The number of halogens is 1. The van der Waals surface area contributed by atoms with Crippen LogP contribution in [-0.4, -0.2) is 9.97 Å². The van der Waals surface area contributed by atoms with Crippen molar-refractivity contribution in [2.24, 2.45) is 0 Å². The van der Waals surface area contributed by atoms with Crippen LogP contribution in [0.15, 0.2) is 48.8 Å². The molecule has 2 heterocycles. The Balaban J connectivity index is 1.71. The van der Waals surface area contributed by atoms with E-state index < -0.39 is 0 Å². The van der Waals surface area contributed by atoms with Crippen molar-refractivity contribution in [3.8, 4) is 11.3 Å². The van der Waals surface area contributed by atoms with Gasteiger partial charge in [0.05, 0.1) is 12.2 Å². The molecule has 3 aromatic rings. The van der Waals surface area contributed by atoms with E-state index in [2.05, 4.69) is 52.5 Å². The molecule has 0 amide bonds. The summed E-state index contributed by atoms with van der Waals surface area (Å²) in [5, 5.41) is 3.36. The van der Waals surface area contributed by atoms with Crippen molar-refractivity contribution < 1.29 is 0 Å². The zero-order chi connectivity index (χ0) is 14.7. The predicted octanol–water partition coefficient (Wildman–Crippen LogP) is 4.78. The molecule has 0 bridgehead atoms. The molecule has 0 spiro atoms. The van der Waals surface area contributed by atoms with Crippen LogP contribution in [0.1, 0.15) is 10.4 Å². The number of anilines is 1. The van der Waals surface area contributed by atoms with Crippen molar-refractivity contribution in [3.63, 3.8) is 0 Å². The molecule has 0 atom stereocenters. The fraction of sp³-hybridized carbons (Fsp3) is 0.125. The summed E-state index contributed by atoms with van der Waals surface area (Å²) in [6, 6.07) is 12.3. The average molecular weight is 316 g/mol. The molecule has 5 heteroatoms. The Morgan fingerprint density at radius 2 is 1.95 bits per heavy atom. The fourth-order valence-electron chi connectivity index (χ4n) is 2.09. The second-order valence-corrected chi connectivity index (χ2v) is 6.38. The van der Waals surface area contributed by atoms with E-state index in [0.29, 0.717) is 4.47 Å². The number of nitrogens with zero attached hydrogens (tertiary/aromatic N) is 2. The van der Waals surface area contributed by atoms with Crippen molar-refractivity contribution >= 4 is 28.6 Å². The van der Waals surface area contributed by atoms with Crippen molar-refractivity contribution in [2.75, 3.05) is 5.32 Å². The first-order chi connectivity index (χ1) is 10.2. The van der Waals surface area contributed by atoms with Crippen molar-refractivity contribution in [2.45, 2.75) is 13.5 Å². The SMILES string of the molecule is Cc1cccnc1-c1ccc(NCc2cnc(Cl)s2)cc1. The third-order valence-corrected chi connectivity index (χ3v) is 4.27. The topological polar surface area (TPSA) is 37.8 Å². The maximum absolute atomic E-state index is 5.82. The Hall–Kier alpha value is -1.91. The van der Waals surface area contributed by atoms with Crippen LogP contribution in [0.3, 0.4) is 0 Å². The summed E-state index contributed by atoms with van der Waals surface area (Å²) < 4.78 is 0.577. The van der Waals surface area contributed by atoms with Crippen LogP contribution in [0, 0.1) is 6.92 Å². The standard InChI is InChI=1S/C16H14ClN3S/c1-11-3-2-8-18-15(11)12-4-6-13(7-5-12)19-9-14-10-20-16(17)21-14/h2-8,10,19H,9H2,1H3. The maximum Gasteiger partial charge on any atom is 0.183 e. The lowest BCUT2D eigenvalue weighted by Gasteiger charge is -2.07. The van der Waals surface area contributed by atoms with Gasteiger partial charge in [-0.15, -0.1) is 11.3 Å². The molecule has 0 unspecified atom stereocenters. The first-order valence-corrected chi connectivity index (χ1v) is 7.78. The second-order valence-electron chi connectivity index (χ2n) is 4.68. The lowest BCUT2D eigenvalue weighted by Crippen LogP contribution is -1.97. The summed E-state index contributed by atoms with van der Waals surface area (Å²) in [6.45, 7) is 2.80. The van der Waals surface area contributed by atoms with E-state index in [1.807, 2.05) is 12.3 Å². The number of benzene rings is 1. The highest BCUT2D eigenvalue weighted by molar-refractivity contribution is 7.15. The number of thiazole rings is 1. The van der Waals surface area contributed by atoms with E-state index in [0.717, 1.165) is 28.4 Å². The molecule has 0 aliphatic carbocycles. The second kappa shape index (κ2) is 6.24. The van der Waals surface area contributed by atoms with Crippen molar-refractivity contribution in [1.29, 1.82) is 0 Å². The van der Waals surface area contributed by atoms with Gasteiger partial charge in [-0.3, -0.25) is 4.98 Å². The zero-order valence-electron chi connectivity index (χ0n) is 11.5. The number of aromatic nitrogens is 2. The molecule has 106 valence electrons. The predicted molar refractivity (Wildman–Crippen MR) is 88.9 cm³/mol. The zero-order valence-corrected chi connectivity index (χ0v) is 13.1. The van der Waals surface area contributed by atoms with Crippen LogP contribution >= 0.6 is 22.9 Å². The number of hydrogen-bond donors (Lipinski definition) is 1. The molecule has 1 N–H and O–H groups in total. The van der Waals surface area contributed by atoms with Gasteiger partial charge in [0.1, 0.15) is 0 Å². The Kier molecular flexibility index (Phi) is 4.18. The molecular weight excluding hydrogens is 302 g/mol. The monoisotopic (exact) mass is 315 g/mol. The Bertz CT molecular complexity index is 737. The number of nitrogens with one attached hydrogen (secondary N) is 1. The van der Waals surface area contributed by atoms with Crippen LogP contribution in [0.5, 0.6) is 0 Å². The smallest absolute Gasteiger partial charge is 0.183 e. The van der Waals surface area contributed by atoms with Crippen LogP contribution in [-0.2, 0) is 6.54 Å². The van der Waals surface area contributed by atoms with E-state index >= 15 is 0 Å². The molecule has 0 radical (unpaired) electrons. The molecule has 0 fully saturated rings. The summed E-state index contributed by atoms with van der Waals surface area (Å²) in [6.07, 6.45) is 3.62. The molecule has 0 aliphatic heterocycles. The van der Waals surface area contributed by atoms with Crippen molar-refractivity contribution in [1.82, 2.24) is 9.97 Å². The summed E-state index contributed by atoms with van der Waals surface area (Å²) in [5.41, 5.74) is 4.40. The fourth-order valence-corrected chi connectivity index (χ4v) is 3.01. The Labute approximate surface area is 132 Å². The number of pyridine rings is 1. The van der Waals surface area contributed by atoms with Gasteiger partial charge >= 0.3 is 0 Å². The quantitative estimate of drug-likeness (QED) is 0.753. The van der Waals surface area contributed by atoms with Gasteiger partial charge in [0, 0.05) is 28.5 Å². The van der Waals surface area contributed by atoms with E-state index in [-0.39, 0.29) is 0 Å². The van der Waals surface area contributed by atoms with Crippen LogP contribution in [0.2, 0.25) is 4.47 Å². The molecule has 0 saturated heterocycles. The molecule has 2 aromatic heterocycles. The lowest BCUT2D eigenvalue weighted by atomic mass is 10.1. The minimum atomic E-state index is 0.577. The van der Waals surface area contributed by atoms with Crippen LogP contribution < -0.4 is 5.32 Å². The minimum absolute atomic E-state index is 0.577. The van der Waals surface area contributed by atoms with E-state index in [1.165, 1.54) is 16.9 Å². The van der Waals surface area contributed by atoms with E-state index in [9.17, 15) is 0 Å². The van der Waals surface area contributed by atoms with Gasteiger partial charge in [-0.05, 0) is 30.7 Å². The summed E-state index contributed by atoms with van der Waals surface area (Å²) in [5.74, 6) is 0. The minimum Gasteiger partial charge on any atom is -0.380 e. The number of rotatable bonds is 4. The van der Waals surface area contributed by atoms with Gasteiger partial charge < -0.3 is 5.32 Å². The molecule has 1 aromatic carbocycles. The summed E-state index contributed by atoms with van der Waals surface area (Å²) in [4.78, 5) is 9.58. The van der Waals surface area contributed by atoms with Gasteiger partial charge in [-0.25, -0.2) is 4.98 Å². The third kappa shape index (κ3) is 3.40. The first-order valence-electron chi connectivity index (χ1n) is 6.58. The highest BCUT2D eigenvalue weighted by Crippen LogP contribution is 2.23. The molecule has 0 aliphatic rings. The van der Waals surface area contributed by atoms with E-state index in [1.54, 1.807) is 6.20 Å². The summed E-state index contributed by atoms with van der Waals surface area (Å²) >= 11 is 7.31. The van der Waals surface area contributed by atoms with E-state index in [4.69, 9.17) is 11.6 Å². The molecule has 0 saturated carbocycles. The molecular formula is C16H14ClN3S. The highest BCUT2D eigenvalue weighted by Gasteiger charge is 2.03. The van der Waals surface area contributed by atoms with Gasteiger partial charge in [-0.1, -0.05) is 29.8 Å². The largest absolute Gasteiger partial charge is 0.380 e. The molecule has 21 heavy (non-hydrogen) atoms. The van der Waals surface area contributed by atoms with Crippen LogP contribution in [0.4, 0.5) is 5.69 Å². The number of hydrogen-bond acceptors (Lipinski definition) is 4. The summed E-state index contributed by atoms with van der Waals surface area (Å²) in [7, 11) is 0. The third-order valence-electron chi connectivity index (χ3n) is 3.16. The normalized spacial score (nSPS) is 10.6. The lowest BCUT2D eigenvalue weighted by molar-refractivity contribution is 1.17. The molecule has 3 nitrogen and oxygen atoms in total. The van der Waals surface area contributed by atoms with Crippen molar-refractivity contribution in [3.05, 3.63) is 63.7 Å². The first kappa shape index (κ1) is 14.0. The molecule has 3 rings (SSSR count).